The third-order valence-electron chi connectivity index (χ3n) is 2.86. The highest BCUT2D eigenvalue weighted by atomic mass is 16.4. The summed E-state index contributed by atoms with van der Waals surface area (Å²) in [5.41, 5.74) is -0.998. The molecule has 2 fully saturated rings. The third kappa shape index (κ3) is 1.14. The van der Waals surface area contributed by atoms with Crippen molar-refractivity contribution in [1.82, 2.24) is 10.6 Å². The lowest BCUT2D eigenvalue weighted by atomic mass is 9.96. The van der Waals surface area contributed by atoms with Crippen molar-refractivity contribution in [2.45, 2.75) is 24.8 Å². The van der Waals surface area contributed by atoms with E-state index in [9.17, 15) is 19.5 Å². The van der Waals surface area contributed by atoms with Crippen molar-refractivity contribution in [3.63, 3.8) is 0 Å². The number of imide groups is 1. The molecular weight excluding hydrogens is 188 g/mol. The van der Waals surface area contributed by atoms with Crippen molar-refractivity contribution in [3.8, 4) is 0 Å². The molecule has 0 unspecified atom stereocenters. The van der Waals surface area contributed by atoms with Gasteiger partial charge in [-0.2, -0.15) is 0 Å². The van der Waals surface area contributed by atoms with E-state index in [1.807, 2.05) is 0 Å². The maximum absolute atomic E-state index is 11.4. The van der Waals surface area contributed by atoms with Gasteiger partial charge in [-0.3, -0.25) is 10.1 Å². The van der Waals surface area contributed by atoms with Gasteiger partial charge in [-0.25, -0.2) is 4.79 Å². The Morgan fingerprint density at radius 3 is 2.64 bits per heavy atom. The van der Waals surface area contributed by atoms with Crippen molar-refractivity contribution >= 4 is 17.9 Å². The van der Waals surface area contributed by atoms with E-state index in [2.05, 4.69) is 10.6 Å². The van der Waals surface area contributed by atoms with Gasteiger partial charge in [-0.1, -0.05) is 0 Å². The maximum Gasteiger partial charge on any atom is 0.322 e. The fraction of sp³-hybridized carbons (Fsp3) is 0.625. The fourth-order valence-electron chi connectivity index (χ4n) is 2.09. The molecule has 0 aromatic rings. The molecule has 0 aromatic carbocycles. The molecule has 2 N–H and O–H groups in total. The second-order valence-corrected chi connectivity index (χ2v) is 3.75. The van der Waals surface area contributed by atoms with Gasteiger partial charge in [0.1, 0.15) is 5.54 Å². The molecular formula is C8H9N2O4-. The van der Waals surface area contributed by atoms with Crippen molar-refractivity contribution in [1.29, 1.82) is 0 Å². The lowest BCUT2D eigenvalue weighted by Crippen LogP contribution is -2.45. The second kappa shape index (κ2) is 2.70. The van der Waals surface area contributed by atoms with E-state index >= 15 is 0 Å². The summed E-state index contributed by atoms with van der Waals surface area (Å²) in [6.07, 6.45) is 0.867. The van der Waals surface area contributed by atoms with E-state index in [0.29, 0.717) is 12.8 Å². The Bertz CT molecular complexity index is 327. The Morgan fingerprint density at radius 1 is 1.50 bits per heavy atom. The summed E-state index contributed by atoms with van der Waals surface area (Å²) in [5, 5.41) is 15.2. The van der Waals surface area contributed by atoms with Crippen LogP contribution in [0.15, 0.2) is 0 Å². The number of aliphatic carboxylic acids is 1. The summed E-state index contributed by atoms with van der Waals surface area (Å²) in [6.45, 7) is 0. The number of hydrogen-bond donors (Lipinski definition) is 2. The molecule has 6 nitrogen and oxygen atoms in total. The molecule has 76 valence electrons. The average molecular weight is 197 g/mol. The van der Waals surface area contributed by atoms with Gasteiger partial charge in [0, 0.05) is 11.9 Å². The molecule has 6 heteroatoms. The van der Waals surface area contributed by atoms with Gasteiger partial charge in [0.05, 0.1) is 0 Å². The van der Waals surface area contributed by atoms with E-state index < -0.39 is 29.4 Å². The van der Waals surface area contributed by atoms with Crippen molar-refractivity contribution in [2.75, 3.05) is 0 Å². The minimum Gasteiger partial charge on any atom is -0.550 e. The Labute approximate surface area is 79.7 Å². The molecule has 2 rings (SSSR count). The minimum atomic E-state index is -1.16. The number of carbonyl (C=O) groups is 3. The zero-order chi connectivity index (χ0) is 10.3. The quantitative estimate of drug-likeness (QED) is 0.480. The van der Waals surface area contributed by atoms with Crippen LogP contribution in [-0.2, 0) is 9.59 Å². The van der Waals surface area contributed by atoms with Crippen molar-refractivity contribution in [2.24, 2.45) is 5.92 Å². The first-order valence-electron chi connectivity index (χ1n) is 4.38. The Balaban J connectivity index is 2.17. The molecule has 0 radical (unpaired) electrons. The van der Waals surface area contributed by atoms with Gasteiger partial charge < -0.3 is 15.2 Å². The number of urea groups is 1. The van der Waals surface area contributed by atoms with E-state index in [1.165, 1.54) is 0 Å². The van der Waals surface area contributed by atoms with Crippen LogP contribution in [0.4, 0.5) is 4.79 Å². The molecule has 14 heavy (non-hydrogen) atoms. The minimum absolute atomic E-state index is 0.132. The van der Waals surface area contributed by atoms with Crippen LogP contribution in [0.25, 0.3) is 0 Å². The Morgan fingerprint density at radius 2 is 2.21 bits per heavy atom. The molecule has 1 saturated carbocycles. The van der Waals surface area contributed by atoms with E-state index in [0.717, 1.165) is 0 Å². The molecule has 1 heterocycles. The number of amides is 3. The first kappa shape index (κ1) is 8.98. The first-order valence-corrected chi connectivity index (χ1v) is 4.38. The summed E-state index contributed by atoms with van der Waals surface area (Å²) in [6, 6.07) is -0.547. The summed E-state index contributed by atoms with van der Waals surface area (Å²) < 4.78 is 0. The zero-order valence-corrected chi connectivity index (χ0v) is 7.33. The van der Waals surface area contributed by atoms with Gasteiger partial charge in [0.2, 0.25) is 0 Å². The van der Waals surface area contributed by atoms with E-state index in [-0.39, 0.29) is 6.42 Å². The number of carbonyl (C=O) groups excluding carboxylic acids is 3. The standard InChI is InChI=1S/C8H10N2O4/c11-5(12)4-1-2-8(3-4)6(13)9-7(14)10-8/h4H,1-3H2,(H,11,12)(H2,9,10,13,14)/p-1/t4-,8-/m0/s1. The molecule has 1 spiro atoms. The van der Waals surface area contributed by atoms with Crippen molar-refractivity contribution in [3.05, 3.63) is 0 Å². The maximum atomic E-state index is 11.4. The van der Waals surface area contributed by atoms with Gasteiger partial charge >= 0.3 is 6.03 Å². The molecule has 1 aliphatic heterocycles. The summed E-state index contributed by atoms with van der Waals surface area (Å²) in [4.78, 5) is 32.8. The molecule has 0 bridgehead atoms. The lowest BCUT2D eigenvalue weighted by Gasteiger charge is -2.19. The summed E-state index contributed by atoms with van der Waals surface area (Å²) in [7, 11) is 0. The highest BCUT2D eigenvalue weighted by molar-refractivity contribution is 6.07. The van der Waals surface area contributed by atoms with E-state index in [1.54, 1.807) is 0 Å². The van der Waals surface area contributed by atoms with Gasteiger partial charge in [-0.15, -0.1) is 0 Å². The van der Waals surface area contributed by atoms with Gasteiger partial charge in [0.15, 0.2) is 0 Å². The summed E-state index contributed by atoms with van der Waals surface area (Å²) in [5.74, 6) is -2.22. The van der Waals surface area contributed by atoms with Gasteiger partial charge in [0.25, 0.3) is 5.91 Å². The number of hydrogen-bond acceptors (Lipinski definition) is 4. The van der Waals surface area contributed by atoms with Crippen LogP contribution >= 0.6 is 0 Å². The predicted octanol–water partition coefficient (Wildman–Crippen LogP) is -1.89. The summed E-state index contributed by atoms with van der Waals surface area (Å²) >= 11 is 0. The van der Waals surface area contributed by atoms with Crippen LogP contribution in [0.3, 0.4) is 0 Å². The third-order valence-corrected chi connectivity index (χ3v) is 2.86. The average Bonchev–Trinajstić information content (AvgIpc) is 2.59. The predicted molar refractivity (Wildman–Crippen MR) is 41.8 cm³/mol. The second-order valence-electron chi connectivity index (χ2n) is 3.75. The molecule has 3 amide bonds. The SMILES string of the molecule is O=C1NC(=O)[C@@]2(CC[C@H](C(=O)[O-])C2)N1. The number of rotatable bonds is 1. The van der Waals surface area contributed by atoms with Crippen LogP contribution in [0, 0.1) is 5.92 Å². The smallest absolute Gasteiger partial charge is 0.322 e. The zero-order valence-electron chi connectivity index (χ0n) is 7.33. The topological polar surface area (TPSA) is 98.3 Å². The van der Waals surface area contributed by atoms with Crippen LogP contribution in [-0.4, -0.2) is 23.4 Å². The number of nitrogens with one attached hydrogen (secondary N) is 2. The molecule has 0 aromatic heterocycles. The fourth-order valence-corrected chi connectivity index (χ4v) is 2.09. The number of carboxylic acid groups (broad SMARTS) is 1. The van der Waals surface area contributed by atoms with Crippen molar-refractivity contribution < 1.29 is 19.5 Å². The number of carboxylic acids is 1. The van der Waals surface area contributed by atoms with Crippen LogP contribution in [0.1, 0.15) is 19.3 Å². The van der Waals surface area contributed by atoms with Crippen LogP contribution < -0.4 is 15.7 Å². The largest absolute Gasteiger partial charge is 0.550 e. The first-order chi connectivity index (χ1) is 6.53. The van der Waals surface area contributed by atoms with Gasteiger partial charge in [-0.05, 0) is 19.3 Å². The Hall–Kier alpha value is -1.59. The molecule has 2 atom stereocenters. The highest BCUT2D eigenvalue weighted by Gasteiger charge is 2.51. The molecule has 1 aliphatic carbocycles. The Kier molecular flexibility index (Phi) is 1.73. The van der Waals surface area contributed by atoms with E-state index in [4.69, 9.17) is 0 Å². The highest BCUT2D eigenvalue weighted by Crippen LogP contribution is 2.36. The lowest BCUT2D eigenvalue weighted by molar-refractivity contribution is -0.311. The molecule has 1 saturated heterocycles. The molecule has 2 aliphatic rings. The monoisotopic (exact) mass is 197 g/mol. The van der Waals surface area contributed by atoms with Crippen LogP contribution in [0.5, 0.6) is 0 Å². The normalized spacial score (nSPS) is 35.9. The van der Waals surface area contributed by atoms with Crippen LogP contribution in [0.2, 0.25) is 0 Å².